The van der Waals surface area contributed by atoms with E-state index in [0.717, 1.165) is 22.6 Å². The molecule has 1 aliphatic heterocycles. The number of fused-ring (bicyclic) bond motifs is 5. The Morgan fingerprint density at radius 3 is 1.84 bits per heavy atom. The van der Waals surface area contributed by atoms with Gasteiger partial charge in [-0.15, -0.1) is 0 Å². The van der Waals surface area contributed by atoms with Crippen molar-refractivity contribution in [1.82, 2.24) is 9.97 Å². The van der Waals surface area contributed by atoms with E-state index in [1.54, 1.807) is 0 Å². The quantitative estimate of drug-likeness (QED) is 0.241. The zero-order chi connectivity index (χ0) is 25.0. The number of hydrogen-bond donors (Lipinski definition) is 0. The molecule has 37 heavy (non-hydrogen) atoms. The molecule has 5 aromatic carbocycles. The van der Waals surface area contributed by atoms with Gasteiger partial charge in [-0.25, -0.2) is 9.97 Å². The highest BCUT2D eigenvalue weighted by molar-refractivity contribution is 7.04. The number of benzene rings is 5. The average molecular weight is 491 g/mol. The van der Waals surface area contributed by atoms with Gasteiger partial charge in [-0.05, 0) is 32.6 Å². The van der Waals surface area contributed by atoms with Crippen LogP contribution in [0.2, 0.25) is 13.1 Å². The predicted molar refractivity (Wildman–Crippen MR) is 158 cm³/mol. The van der Waals surface area contributed by atoms with Gasteiger partial charge in [0.2, 0.25) is 0 Å². The fourth-order valence-corrected chi connectivity index (χ4v) is 9.10. The third-order valence-electron chi connectivity index (χ3n) is 7.62. The highest BCUT2D eigenvalue weighted by atomic mass is 28.3. The zero-order valence-electron chi connectivity index (χ0n) is 20.9. The van der Waals surface area contributed by atoms with Crippen molar-refractivity contribution < 1.29 is 0 Å². The van der Waals surface area contributed by atoms with Gasteiger partial charge in [-0.2, -0.15) is 0 Å². The Bertz CT molecular complexity index is 1770. The molecule has 0 unspecified atom stereocenters. The lowest BCUT2D eigenvalue weighted by atomic mass is 9.98. The van der Waals surface area contributed by atoms with E-state index >= 15 is 0 Å². The summed E-state index contributed by atoms with van der Waals surface area (Å²) in [5.41, 5.74) is 8.14. The fraction of sp³-hybridized carbons (Fsp3) is 0.0588. The van der Waals surface area contributed by atoms with Crippen LogP contribution in [0.25, 0.3) is 55.7 Å². The van der Waals surface area contributed by atoms with Crippen LogP contribution < -0.4 is 10.5 Å². The molecule has 1 aliphatic rings. The molecule has 0 fully saturated rings. The molecule has 2 heterocycles. The van der Waals surface area contributed by atoms with Crippen LogP contribution in [0.15, 0.2) is 121 Å². The van der Waals surface area contributed by atoms with Gasteiger partial charge in [0.25, 0.3) is 0 Å². The number of rotatable bonds is 3. The summed E-state index contributed by atoms with van der Waals surface area (Å²) < 4.78 is 0. The van der Waals surface area contributed by atoms with Gasteiger partial charge in [-0.1, -0.05) is 134 Å². The van der Waals surface area contributed by atoms with Crippen LogP contribution in [0.5, 0.6) is 0 Å². The summed E-state index contributed by atoms with van der Waals surface area (Å²) in [6.45, 7) is 4.88. The first-order chi connectivity index (χ1) is 18.1. The van der Waals surface area contributed by atoms with Gasteiger partial charge in [0.15, 0.2) is 5.82 Å². The maximum Gasteiger partial charge on any atom is 0.159 e. The van der Waals surface area contributed by atoms with Crippen LogP contribution >= 0.6 is 0 Å². The zero-order valence-corrected chi connectivity index (χ0v) is 21.9. The number of aromatic nitrogens is 2. The van der Waals surface area contributed by atoms with Gasteiger partial charge < -0.3 is 0 Å². The maximum atomic E-state index is 5.34. The normalized spacial score (nSPS) is 13.4. The van der Waals surface area contributed by atoms with Crippen LogP contribution in [0.3, 0.4) is 0 Å². The molecule has 0 saturated heterocycles. The SMILES string of the molecule is C[Si]1(C)c2nc(-c3ccc(-c4ccccc4)cc3)nc(-c3ccccc3)c2-c2ccc3ccccc3c21. The third-order valence-corrected chi connectivity index (χ3v) is 11.0. The molecule has 0 aliphatic carbocycles. The van der Waals surface area contributed by atoms with Crippen LogP contribution in [-0.4, -0.2) is 18.0 Å². The lowest BCUT2D eigenvalue weighted by molar-refractivity contribution is 1.21. The maximum absolute atomic E-state index is 5.34. The lowest BCUT2D eigenvalue weighted by Crippen LogP contribution is -2.51. The first-order valence-electron chi connectivity index (χ1n) is 12.8. The second kappa shape index (κ2) is 8.36. The second-order valence-electron chi connectivity index (χ2n) is 10.3. The average Bonchev–Trinajstić information content (AvgIpc) is 3.20. The number of nitrogens with zero attached hydrogens (tertiary/aromatic N) is 2. The van der Waals surface area contributed by atoms with Gasteiger partial charge in [0, 0.05) is 22.0 Å². The van der Waals surface area contributed by atoms with Crippen molar-refractivity contribution in [3.63, 3.8) is 0 Å². The number of hydrogen-bond acceptors (Lipinski definition) is 2. The first kappa shape index (κ1) is 21.9. The monoisotopic (exact) mass is 490 g/mol. The molecule has 0 atom stereocenters. The van der Waals surface area contributed by atoms with E-state index in [4.69, 9.17) is 9.97 Å². The van der Waals surface area contributed by atoms with Crippen molar-refractivity contribution in [3.05, 3.63) is 121 Å². The van der Waals surface area contributed by atoms with E-state index in [1.807, 2.05) is 6.07 Å². The summed E-state index contributed by atoms with van der Waals surface area (Å²) >= 11 is 0. The molecule has 176 valence electrons. The highest BCUT2D eigenvalue weighted by Gasteiger charge is 2.42. The predicted octanol–water partition coefficient (Wildman–Crippen LogP) is 7.43. The summed E-state index contributed by atoms with van der Waals surface area (Å²) in [7, 11) is -2.09. The standard InChI is InChI=1S/C34H26N2Si/c1-37(2)32-28-16-10-9-13-25(28)21-22-29(32)30-31(26-14-7-4-8-15-26)35-33(36-34(30)37)27-19-17-24(18-20-27)23-11-5-3-6-12-23/h3-22H,1-2H3. The van der Waals surface area contributed by atoms with E-state index in [-0.39, 0.29) is 0 Å². The van der Waals surface area contributed by atoms with Crippen molar-refractivity contribution in [2.24, 2.45) is 0 Å². The molecule has 0 radical (unpaired) electrons. The van der Waals surface area contributed by atoms with Crippen LogP contribution in [0.4, 0.5) is 0 Å². The van der Waals surface area contributed by atoms with E-state index in [2.05, 4.69) is 128 Å². The molecule has 6 aromatic rings. The summed E-state index contributed by atoms with van der Waals surface area (Å²) in [5, 5.41) is 5.35. The van der Waals surface area contributed by atoms with Gasteiger partial charge in [-0.3, -0.25) is 0 Å². The molecule has 2 nitrogen and oxygen atoms in total. The summed E-state index contributed by atoms with van der Waals surface area (Å²) in [6, 6.07) is 43.0. The van der Waals surface area contributed by atoms with Crippen molar-refractivity contribution >= 4 is 29.4 Å². The largest absolute Gasteiger partial charge is 0.237 e. The topological polar surface area (TPSA) is 25.8 Å². The van der Waals surface area contributed by atoms with Crippen LogP contribution in [0, 0.1) is 0 Å². The highest BCUT2D eigenvalue weighted by Crippen LogP contribution is 2.38. The van der Waals surface area contributed by atoms with Gasteiger partial charge in [0.05, 0.1) is 5.69 Å². The smallest absolute Gasteiger partial charge is 0.159 e. The third kappa shape index (κ3) is 3.46. The van der Waals surface area contributed by atoms with Crippen molar-refractivity contribution in [1.29, 1.82) is 0 Å². The van der Waals surface area contributed by atoms with E-state index < -0.39 is 8.07 Å². The van der Waals surface area contributed by atoms with Crippen molar-refractivity contribution in [2.45, 2.75) is 13.1 Å². The Morgan fingerprint density at radius 1 is 0.514 bits per heavy atom. The summed E-state index contributed by atoms with van der Waals surface area (Å²) in [4.78, 5) is 10.6. The van der Waals surface area contributed by atoms with Crippen molar-refractivity contribution in [3.8, 4) is 44.9 Å². The molecule has 3 heteroatoms. The fourth-order valence-electron chi connectivity index (χ4n) is 5.82. The van der Waals surface area contributed by atoms with E-state index in [9.17, 15) is 0 Å². The van der Waals surface area contributed by atoms with Crippen LogP contribution in [-0.2, 0) is 0 Å². The molecule has 7 rings (SSSR count). The van der Waals surface area contributed by atoms with E-state index in [0.29, 0.717) is 0 Å². The molecule has 0 spiro atoms. The van der Waals surface area contributed by atoms with Crippen LogP contribution in [0.1, 0.15) is 0 Å². The molecule has 1 aromatic heterocycles. The minimum atomic E-state index is -2.09. The second-order valence-corrected chi connectivity index (χ2v) is 14.5. The molecule has 0 bridgehead atoms. The Morgan fingerprint density at radius 2 is 1.11 bits per heavy atom. The minimum Gasteiger partial charge on any atom is -0.237 e. The summed E-state index contributed by atoms with van der Waals surface area (Å²) in [6.07, 6.45) is 0. The molecular weight excluding hydrogens is 464 g/mol. The Labute approximate surface area is 218 Å². The van der Waals surface area contributed by atoms with Gasteiger partial charge >= 0.3 is 0 Å². The lowest BCUT2D eigenvalue weighted by Gasteiger charge is -2.20. The Hall–Kier alpha value is -4.34. The van der Waals surface area contributed by atoms with Gasteiger partial charge in [0.1, 0.15) is 8.07 Å². The summed E-state index contributed by atoms with van der Waals surface area (Å²) in [5.74, 6) is 0.801. The van der Waals surface area contributed by atoms with E-state index in [1.165, 1.54) is 43.5 Å². The Kier molecular flexibility index (Phi) is 4.95. The molecule has 0 N–H and O–H groups in total. The molecule has 0 saturated carbocycles. The minimum absolute atomic E-state index is 0.801. The van der Waals surface area contributed by atoms with Crippen molar-refractivity contribution in [2.75, 3.05) is 0 Å². The molecule has 0 amide bonds. The Balaban J connectivity index is 1.46. The first-order valence-corrected chi connectivity index (χ1v) is 15.8. The molecular formula is C34H26N2Si.